The molecule has 0 saturated carbocycles. The lowest BCUT2D eigenvalue weighted by molar-refractivity contribution is 0.0956. The van der Waals surface area contributed by atoms with Crippen LogP contribution in [-0.4, -0.2) is 44.3 Å². The van der Waals surface area contributed by atoms with E-state index in [1.54, 1.807) is 0 Å². The standard InChI is InChI=1S/C25H34N4O3/c1-4-26-24(30)20-10-7-19(8-11-20)15-28-25(27-5-2)29-16-21-9-6-18(3)14-23(21)32-22-12-13-31-17-22/h6-11,14,22H,4-5,12-13,15-17H2,1-3H3,(H,26,30)(H2,27,28,29). The molecule has 7 nitrogen and oxygen atoms in total. The zero-order chi connectivity index (χ0) is 22.8. The quantitative estimate of drug-likeness (QED) is 0.414. The third kappa shape index (κ3) is 6.99. The molecule has 1 aliphatic heterocycles. The van der Waals surface area contributed by atoms with Gasteiger partial charge in [0.15, 0.2) is 5.96 Å². The minimum atomic E-state index is -0.0576. The van der Waals surface area contributed by atoms with Crippen LogP contribution in [0.15, 0.2) is 47.5 Å². The van der Waals surface area contributed by atoms with Crippen LogP contribution in [0.3, 0.4) is 0 Å². The predicted octanol–water partition coefficient (Wildman–Crippen LogP) is 3.17. The number of rotatable bonds is 9. The van der Waals surface area contributed by atoms with E-state index in [1.165, 1.54) is 5.56 Å². The molecule has 0 radical (unpaired) electrons. The van der Waals surface area contributed by atoms with Crippen molar-refractivity contribution < 1.29 is 14.3 Å². The summed E-state index contributed by atoms with van der Waals surface area (Å²) in [6, 6.07) is 13.8. The van der Waals surface area contributed by atoms with Crippen LogP contribution in [0.25, 0.3) is 0 Å². The number of carbonyl (C=O) groups is 1. The number of aliphatic imine (C=N–C) groups is 1. The Hall–Kier alpha value is -3.06. The number of benzene rings is 2. The molecule has 0 spiro atoms. The Morgan fingerprint density at radius 1 is 1.09 bits per heavy atom. The lowest BCUT2D eigenvalue weighted by Gasteiger charge is -2.18. The van der Waals surface area contributed by atoms with Gasteiger partial charge >= 0.3 is 0 Å². The molecule has 1 aliphatic rings. The van der Waals surface area contributed by atoms with Crippen LogP contribution < -0.4 is 20.7 Å². The summed E-state index contributed by atoms with van der Waals surface area (Å²) in [5, 5.41) is 9.50. The fraction of sp³-hybridized carbons (Fsp3) is 0.440. The SMILES string of the molecule is CCNC(=O)c1ccc(CN=C(NCC)NCc2ccc(C)cc2OC2CCOC2)cc1. The molecule has 3 rings (SSSR count). The highest BCUT2D eigenvalue weighted by Gasteiger charge is 2.18. The molecule has 0 aliphatic carbocycles. The number of amides is 1. The highest BCUT2D eigenvalue weighted by Crippen LogP contribution is 2.23. The summed E-state index contributed by atoms with van der Waals surface area (Å²) in [6.45, 7) is 9.91. The highest BCUT2D eigenvalue weighted by atomic mass is 16.5. The molecule has 172 valence electrons. The first-order chi connectivity index (χ1) is 15.6. The Kier molecular flexibility index (Phi) is 8.92. The van der Waals surface area contributed by atoms with Crippen molar-refractivity contribution in [2.75, 3.05) is 26.3 Å². The van der Waals surface area contributed by atoms with E-state index in [1.807, 2.05) is 38.1 Å². The van der Waals surface area contributed by atoms with Crippen LogP contribution in [0.4, 0.5) is 0 Å². The van der Waals surface area contributed by atoms with E-state index in [-0.39, 0.29) is 12.0 Å². The molecule has 1 saturated heterocycles. The minimum Gasteiger partial charge on any atom is -0.488 e. The van der Waals surface area contributed by atoms with Gasteiger partial charge in [0.05, 0.1) is 19.8 Å². The maximum atomic E-state index is 11.9. The van der Waals surface area contributed by atoms with Crippen LogP contribution in [-0.2, 0) is 17.8 Å². The molecule has 2 aromatic rings. The van der Waals surface area contributed by atoms with Crippen LogP contribution in [0, 0.1) is 6.92 Å². The molecule has 32 heavy (non-hydrogen) atoms. The van der Waals surface area contributed by atoms with Gasteiger partial charge in [-0.25, -0.2) is 4.99 Å². The van der Waals surface area contributed by atoms with E-state index in [0.29, 0.717) is 31.8 Å². The Balaban J connectivity index is 1.62. The summed E-state index contributed by atoms with van der Waals surface area (Å²) in [7, 11) is 0. The Morgan fingerprint density at radius 3 is 2.56 bits per heavy atom. The van der Waals surface area contributed by atoms with E-state index in [2.05, 4.69) is 41.1 Å². The maximum Gasteiger partial charge on any atom is 0.251 e. The lowest BCUT2D eigenvalue weighted by atomic mass is 10.1. The Bertz CT molecular complexity index is 906. The summed E-state index contributed by atoms with van der Waals surface area (Å²) in [5.74, 6) is 1.57. The Labute approximate surface area is 190 Å². The second-order valence-corrected chi connectivity index (χ2v) is 7.82. The van der Waals surface area contributed by atoms with Crippen molar-refractivity contribution in [1.82, 2.24) is 16.0 Å². The van der Waals surface area contributed by atoms with Crippen LogP contribution in [0.5, 0.6) is 5.75 Å². The van der Waals surface area contributed by atoms with E-state index in [0.717, 1.165) is 42.4 Å². The van der Waals surface area contributed by atoms with E-state index < -0.39 is 0 Å². The smallest absolute Gasteiger partial charge is 0.251 e. The lowest BCUT2D eigenvalue weighted by Crippen LogP contribution is -2.37. The fourth-order valence-corrected chi connectivity index (χ4v) is 3.42. The molecule has 2 aromatic carbocycles. The third-order valence-corrected chi connectivity index (χ3v) is 5.17. The molecular weight excluding hydrogens is 404 g/mol. The average molecular weight is 439 g/mol. The number of aryl methyl sites for hydroxylation is 1. The number of hydrogen-bond acceptors (Lipinski definition) is 4. The van der Waals surface area contributed by atoms with Gasteiger partial charge in [-0.05, 0) is 50.1 Å². The van der Waals surface area contributed by atoms with Gasteiger partial charge in [-0.3, -0.25) is 4.79 Å². The van der Waals surface area contributed by atoms with Crippen molar-refractivity contribution in [2.24, 2.45) is 4.99 Å². The number of hydrogen-bond donors (Lipinski definition) is 3. The summed E-state index contributed by atoms with van der Waals surface area (Å²) >= 11 is 0. The molecular formula is C25H34N4O3. The number of carbonyl (C=O) groups excluding carboxylic acids is 1. The second kappa shape index (κ2) is 12.1. The zero-order valence-electron chi connectivity index (χ0n) is 19.2. The molecule has 7 heteroatoms. The van der Waals surface area contributed by atoms with Gasteiger partial charge in [-0.15, -0.1) is 0 Å². The van der Waals surface area contributed by atoms with Crippen molar-refractivity contribution in [2.45, 2.75) is 46.4 Å². The van der Waals surface area contributed by atoms with Gasteiger partial charge in [-0.1, -0.05) is 24.3 Å². The third-order valence-electron chi connectivity index (χ3n) is 5.17. The summed E-state index contributed by atoms with van der Waals surface area (Å²) in [5.41, 5.74) is 3.94. The van der Waals surface area contributed by atoms with Crippen molar-refractivity contribution in [3.05, 3.63) is 64.7 Å². The van der Waals surface area contributed by atoms with Crippen molar-refractivity contribution in [3.63, 3.8) is 0 Å². The van der Waals surface area contributed by atoms with Crippen molar-refractivity contribution in [1.29, 1.82) is 0 Å². The van der Waals surface area contributed by atoms with Gasteiger partial charge in [0, 0.05) is 37.2 Å². The normalized spacial score (nSPS) is 16.0. The molecule has 1 fully saturated rings. The fourth-order valence-electron chi connectivity index (χ4n) is 3.42. The van der Waals surface area contributed by atoms with Gasteiger partial charge in [0.25, 0.3) is 5.91 Å². The second-order valence-electron chi connectivity index (χ2n) is 7.82. The first-order valence-electron chi connectivity index (χ1n) is 11.3. The van der Waals surface area contributed by atoms with E-state index in [4.69, 9.17) is 14.5 Å². The zero-order valence-corrected chi connectivity index (χ0v) is 19.2. The number of ether oxygens (including phenoxy) is 2. The summed E-state index contributed by atoms with van der Waals surface area (Å²) in [4.78, 5) is 16.6. The molecule has 1 atom stereocenters. The van der Waals surface area contributed by atoms with Gasteiger partial charge in [0.2, 0.25) is 0 Å². The number of nitrogens with zero attached hydrogens (tertiary/aromatic N) is 1. The molecule has 1 unspecified atom stereocenters. The first kappa shape index (κ1) is 23.6. The topological polar surface area (TPSA) is 84.0 Å². The first-order valence-corrected chi connectivity index (χ1v) is 11.3. The Morgan fingerprint density at radius 2 is 1.88 bits per heavy atom. The molecule has 0 aromatic heterocycles. The molecule has 1 heterocycles. The number of nitrogens with one attached hydrogen (secondary N) is 3. The van der Waals surface area contributed by atoms with Gasteiger partial charge < -0.3 is 25.4 Å². The monoisotopic (exact) mass is 438 g/mol. The van der Waals surface area contributed by atoms with Gasteiger partial charge in [0.1, 0.15) is 11.9 Å². The van der Waals surface area contributed by atoms with Crippen LogP contribution >= 0.6 is 0 Å². The summed E-state index contributed by atoms with van der Waals surface area (Å²) in [6.07, 6.45) is 1.03. The predicted molar refractivity (Wildman–Crippen MR) is 127 cm³/mol. The minimum absolute atomic E-state index is 0.0576. The van der Waals surface area contributed by atoms with Crippen LogP contribution in [0.2, 0.25) is 0 Å². The molecule has 0 bridgehead atoms. The average Bonchev–Trinajstić information content (AvgIpc) is 3.30. The molecule has 1 amide bonds. The van der Waals surface area contributed by atoms with Gasteiger partial charge in [-0.2, -0.15) is 0 Å². The summed E-state index contributed by atoms with van der Waals surface area (Å²) < 4.78 is 11.6. The maximum absolute atomic E-state index is 11.9. The highest BCUT2D eigenvalue weighted by molar-refractivity contribution is 5.94. The van der Waals surface area contributed by atoms with Crippen molar-refractivity contribution >= 4 is 11.9 Å². The number of guanidine groups is 1. The van der Waals surface area contributed by atoms with Crippen molar-refractivity contribution in [3.8, 4) is 5.75 Å². The van der Waals surface area contributed by atoms with E-state index >= 15 is 0 Å². The van der Waals surface area contributed by atoms with E-state index in [9.17, 15) is 4.79 Å². The largest absolute Gasteiger partial charge is 0.488 e. The van der Waals surface area contributed by atoms with Crippen LogP contribution in [0.1, 0.15) is 47.3 Å². The molecule has 3 N–H and O–H groups in total.